The first kappa shape index (κ1) is 16.0. The summed E-state index contributed by atoms with van der Waals surface area (Å²) in [5, 5.41) is 5.68. The van der Waals surface area contributed by atoms with E-state index in [0.717, 1.165) is 32.1 Å². The predicted molar refractivity (Wildman–Crippen MR) is 104 cm³/mol. The standard InChI is InChI=1S/C20H13BrClNO3/c21-15-5-14-12(13-6-17-18(8-16(13)22)26-9-25-17)7-19(24)23-20(14)11-4-2-1-3-10(11)15/h1-6,8,12H,7,9H2,(H,23,24)/t12-/m0/s1. The van der Waals surface area contributed by atoms with Crippen LogP contribution in [0.25, 0.3) is 10.8 Å². The molecule has 0 aliphatic carbocycles. The Hall–Kier alpha value is -2.24. The quantitative estimate of drug-likeness (QED) is 0.558. The fourth-order valence-electron chi connectivity index (χ4n) is 3.73. The fourth-order valence-corrected chi connectivity index (χ4v) is 4.61. The van der Waals surface area contributed by atoms with E-state index < -0.39 is 0 Å². The maximum Gasteiger partial charge on any atom is 0.231 e. The van der Waals surface area contributed by atoms with Crippen LogP contribution in [0.2, 0.25) is 5.02 Å². The summed E-state index contributed by atoms with van der Waals surface area (Å²) in [7, 11) is 0. The molecule has 130 valence electrons. The lowest BCUT2D eigenvalue weighted by molar-refractivity contribution is -0.116. The van der Waals surface area contributed by atoms with Crippen LogP contribution in [0.3, 0.4) is 0 Å². The zero-order valence-electron chi connectivity index (χ0n) is 13.5. The zero-order chi connectivity index (χ0) is 17.8. The molecule has 0 bridgehead atoms. The van der Waals surface area contributed by atoms with Crippen molar-refractivity contribution < 1.29 is 14.3 Å². The molecule has 1 N–H and O–H groups in total. The summed E-state index contributed by atoms with van der Waals surface area (Å²) in [4.78, 5) is 12.5. The van der Waals surface area contributed by atoms with Gasteiger partial charge in [0.15, 0.2) is 11.5 Å². The second kappa shape index (κ2) is 5.89. The SMILES string of the molecule is O=C1C[C@@H](c2cc3c(cc2Cl)OCO3)c2cc(Br)c3ccccc3c2N1. The number of hydrogen-bond acceptors (Lipinski definition) is 3. The topological polar surface area (TPSA) is 47.6 Å². The maximum atomic E-state index is 12.5. The summed E-state index contributed by atoms with van der Waals surface area (Å²) in [5.41, 5.74) is 2.75. The fraction of sp³-hybridized carbons (Fsp3) is 0.150. The van der Waals surface area contributed by atoms with Gasteiger partial charge in [0.25, 0.3) is 0 Å². The lowest BCUT2D eigenvalue weighted by atomic mass is 9.83. The van der Waals surface area contributed by atoms with E-state index in [2.05, 4.69) is 27.3 Å². The van der Waals surface area contributed by atoms with E-state index in [4.69, 9.17) is 21.1 Å². The van der Waals surface area contributed by atoms with E-state index in [9.17, 15) is 4.79 Å². The van der Waals surface area contributed by atoms with Crippen LogP contribution in [0.4, 0.5) is 5.69 Å². The number of amides is 1. The van der Waals surface area contributed by atoms with Crippen molar-refractivity contribution >= 4 is 49.9 Å². The molecule has 0 saturated carbocycles. The van der Waals surface area contributed by atoms with Gasteiger partial charge >= 0.3 is 0 Å². The Morgan fingerprint density at radius 1 is 1.04 bits per heavy atom. The van der Waals surface area contributed by atoms with Crippen molar-refractivity contribution in [3.8, 4) is 11.5 Å². The Bertz CT molecular complexity index is 1080. The number of anilines is 1. The van der Waals surface area contributed by atoms with Crippen LogP contribution in [0.15, 0.2) is 46.9 Å². The molecule has 0 saturated heterocycles. The van der Waals surface area contributed by atoms with Gasteiger partial charge in [0, 0.05) is 33.3 Å². The van der Waals surface area contributed by atoms with Gasteiger partial charge in [-0.1, -0.05) is 51.8 Å². The summed E-state index contributed by atoms with van der Waals surface area (Å²) < 4.78 is 11.9. The summed E-state index contributed by atoms with van der Waals surface area (Å²) >= 11 is 10.2. The number of hydrogen-bond donors (Lipinski definition) is 1. The van der Waals surface area contributed by atoms with Crippen LogP contribution in [-0.4, -0.2) is 12.7 Å². The first-order valence-electron chi connectivity index (χ1n) is 8.22. The molecule has 6 heteroatoms. The number of carbonyl (C=O) groups excluding carboxylic acids is 1. The number of halogens is 2. The number of carbonyl (C=O) groups is 1. The largest absolute Gasteiger partial charge is 0.454 e. The molecule has 0 fully saturated rings. The molecule has 4 nitrogen and oxygen atoms in total. The minimum atomic E-state index is -0.151. The van der Waals surface area contributed by atoms with Crippen LogP contribution in [0.5, 0.6) is 11.5 Å². The lowest BCUT2D eigenvalue weighted by Crippen LogP contribution is -2.24. The van der Waals surface area contributed by atoms with Gasteiger partial charge in [0.05, 0.1) is 5.69 Å². The molecule has 3 aromatic rings. The smallest absolute Gasteiger partial charge is 0.231 e. The highest BCUT2D eigenvalue weighted by Crippen LogP contribution is 2.47. The van der Waals surface area contributed by atoms with Gasteiger partial charge < -0.3 is 14.8 Å². The highest BCUT2D eigenvalue weighted by molar-refractivity contribution is 9.10. The van der Waals surface area contributed by atoms with Gasteiger partial charge in [0.1, 0.15) is 0 Å². The van der Waals surface area contributed by atoms with Crippen LogP contribution in [-0.2, 0) is 4.79 Å². The van der Waals surface area contributed by atoms with Crippen molar-refractivity contribution in [2.45, 2.75) is 12.3 Å². The number of rotatable bonds is 1. The van der Waals surface area contributed by atoms with Gasteiger partial charge in [-0.25, -0.2) is 0 Å². The molecular weight excluding hydrogens is 418 g/mol. The van der Waals surface area contributed by atoms with Gasteiger partial charge in [-0.05, 0) is 28.6 Å². The second-order valence-electron chi connectivity index (χ2n) is 6.40. The van der Waals surface area contributed by atoms with E-state index in [1.165, 1.54) is 0 Å². The highest BCUT2D eigenvalue weighted by atomic mass is 79.9. The van der Waals surface area contributed by atoms with Crippen LogP contribution >= 0.6 is 27.5 Å². The molecule has 1 amide bonds. The van der Waals surface area contributed by atoms with E-state index in [1.807, 2.05) is 30.3 Å². The molecule has 2 heterocycles. The molecular formula is C20H13BrClNO3. The van der Waals surface area contributed by atoms with Gasteiger partial charge in [-0.3, -0.25) is 4.79 Å². The minimum Gasteiger partial charge on any atom is -0.454 e. The van der Waals surface area contributed by atoms with E-state index in [0.29, 0.717) is 22.9 Å². The van der Waals surface area contributed by atoms with Crippen LogP contribution in [0, 0.1) is 0 Å². The summed E-state index contributed by atoms with van der Waals surface area (Å²) in [6, 6.07) is 13.7. The molecule has 2 aliphatic rings. The Balaban J connectivity index is 1.75. The third kappa shape index (κ3) is 2.38. The Morgan fingerprint density at radius 2 is 1.77 bits per heavy atom. The molecule has 26 heavy (non-hydrogen) atoms. The van der Waals surface area contributed by atoms with Gasteiger partial charge in [0.2, 0.25) is 12.7 Å². The average molecular weight is 431 g/mol. The van der Waals surface area contributed by atoms with Crippen molar-refractivity contribution in [3.05, 3.63) is 63.1 Å². The van der Waals surface area contributed by atoms with Crippen molar-refractivity contribution in [3.63, 3.8) is 0 Å². The molecule has 2 aliphatic heterocycles. The van der Waals surface area contributed by atoms with E-state index >= 15 is 0 Å². The van der Waals surface area contributed by atoms with Gasteiger partial charge in [-0.15, -0.1) is 0 Å². The van der Waals surface area contributed by atoms with Crippen molar-refractivity contribution in [1.82, 2.24) is 0 Å². The summed E-state index contributed by atoms with van der Waals surface area (Å²) in [6.07, 6.45) is 0.331. The molecule has 0 aromatic heterocycles. The number of ether oxygens (including phenoxy) is 2. The van der Waals surface area contributed by atoms with E-state index in [1.54, 1.807) is 6.07 Å². The number of fused-ring (bicyclic) bond motifs is 4. The van der Waals surface area contributed by atoms with Crippen molar-refractivity contribution in [2.75, 3.05) is 12.1 Å². The Labute approximate surface area is 163 Å². The van der Waals surface area contributed by atoms with Crippen LogP contribution < -0.4 is 14.8 Å². The molecule has 3 aromatic carbocycles. The monoisotopic (exact) mass is 429 g/mol. The second-order valence-corrected chi connectivity index (χ2v) is 7.66. The first-order chi connectivity index (χ1) is 12.6. The molecule has 0 unspecified atom stereocenters. The predicted octanol–water partition coefficient (Wildman–Crippen LogP) is 5.46. The molecule has 0 radical (unpaired) electrons. The van der Waals surface area contributed by atoms with Crippen LogP contribution in [0.1, 0.15) is 23.5 Å². The minimum absolute atomic E-state index is 0.0243. The van der Waals surface area contributed by atoms with E-state index in [-0.39, 0.29) is 18.6 Å². The normalized spacial score (nSPS) is 17.9. The number of benzene rings is 3. The number of nitrogens with one attached hydrogen (secondary N) is 1. The maximum absolute atomic E-state index is 12.5. The summed E-state index contributed by atoms with van der Waals surface area (Å²) in [6.45, 7) is 0.188. The first-order valence-corrected chi connectivity index (χ1v) is 9.39. The highest BCUT2D eigenvalue weighted by Gasteiger charge is 2.31. The molecule has 1 atom stereocenters. The third-order valence-electron chi connectivity index (χ3n) is 4.92. The zero-order valence-corrected chi connectivity index (χ0v) is 15.9. The Kier molecular flexibility index (Phi) is 3.62. The average Bonchev–Trinajstić information content (AvgIpc) is 3.09. The lowest BCUT2D eigenvalue weighted by Gasteiger charge is -2.28. The Morgan fingerprint density at radius 3 is 2.58 bits per heavy atom. The molecule has 5 rings (SSSR count). The van der Waals surface area contributed by atoms with Crippen molar-refractivity contribution in [1.29, 1.82) is 0 Å². The molecule has 0 spiro atoms. The summed E-state index contributed by atoms with van der Waals surface area (Å²) in [5.74, 6) is 1.13. The van der Waals surface area contributed by atoms with Gasteiger partial charge in [-0.2, -0.15) is 0 Å². The van der Waals surface area contributed by atoms with Crippen molar-refractivity contribution in [2.24, 2.45) is 0 Å². The third-order valence-corrected chi connectivity index (χ3v) is 5.90.